The predicted molar refractivity (Wildman–Crippen MR) is 150 cm³/mol. The van der Waals surface area contributed by atoms with Gasteiger partial charge in [0, 0.05) is 35.6 Å². The highest BCUT2D eigenvalue weighted by Crippen LogP contribution is 2.31. The zero-order valence-corrected chi connectivity index (χ0v) is 23.0. The number of hydrogen-bond donors (Lipinski definition) is 5. The molecule has 0 radical (unpaired) electrons. The number of pyridine rings is 1. The summed E-state index contributed by atoms with van der Waals surface area (Å²) in [6.07, 6.45) is -5.06. The summed E-state index contributed by atoms with van der Waals surface area (Å²) in [7, 11) is 0. The summed E-state index contributed by atoms with van der Waals surface area (Å²) in [4.78, 5) is 26.7. The number of phenolic OH excluding ortho intramolecular Hbond substituents is 1. The molecule has 0 aliphatic rings. The van der Waals surface area contributed by atoms with Crippen molar-refractivity contribution in [3.63, 3.8) is 0 Å². The Hall–Kier alpha value is -4.22. The molecule has 4 aromatic rings. The second kappa shape index (κ2) is 12.3. The maximum Gasteiger partial charge on any atom is 0.416 e. The van der Waals surface area contributed by atoms with Crippen molar-refractivity contribution >= 4 is 16.8 Å². The van der Waals surface area contributed by atoms with Gasteiger partial charge in [-0.3, -0.25) is 9.59 Å². The lowest BCUT2D eigenvalue weighted by Crippen LogP contribution is -2.43. The van der Waals surface area contributed by atoms with Crippen molar-refractivity contribution in [3.05, 3.63) is 111 Å². The van der Waals surface area contributed by atoms with Gasteiger partial charge in [-0.25, -0.2) is 4.39 Å². The Labute approximate surface area is 239 Å². The molecule has 1 aromatic heterocycles. The first-order chi connectivity index (χ1) is 19.7. The summed E-state index contributed by atoms with van der Waals surface area (Å²) < 4.78 is 52.8. The van der Waals surface area contributed by atoms with Gasteiger partial charge in [-0.15, -0.1) is 0 Å². The number of fused-ring (bicyclic) bond motifs is 1. The number of H-pyrrole nitrogens is 1. The molecule has 0 fully saturated rings. The van der Waals surface area contributed by atoms with Gasteiger partial charge in [0.25, 0.3) is 0 Å². The second-order valence-corrected chi connectivity index (χ2v) is 10.8. The van der Waals surface area contributed by atoms with Gasteiger partial charge in [0.15, 0.2) is 0 Å². The van der Waals surface area contributed by atoms with Crippen LogP contribution in [0.5, 0.6) is 5.75 Å². The summed E-state index contributed by atoms with van der Waals surface area (Å²) in [5, 5.41) is 27.3. The zero-order valence-electron chi connectivity index (χ0n) is 23.0. The first-order valence-electron chi connectivity index (χ1n) is 13.2. The summed E-state index contributed by atoms with van der Waals surface area (Å²) in [5.41, 5.74) is 0.281. The van der Waals surface area contributed by atoms with Crippen LogP contribution in [0.3, 0.4) is 0 Å². The third-order valence-corrected chi connectivity index (χ3v) is 6.89. The van der Waals surface area contributed by atoms with Gasteiger partial charge in [-0.2, -0.15) is 13.2 Å². The van der Waals surface area contributed by atoms with Crippen LogP contribution in [0.2, 0.25) is 0 Å². The molecular formula is C31H31F4N3O4. The van der Waals surface area contributed by atoms with Gasteiger partial charge < -0.3 is 25.8 Å². The van der Waals surface area contributed by atoms with Crippen molar-refractivity contribution < 1.29 is 32.6 Å². The molecule has 7 nitrogen and oxygen atoms in total. The van der Waals surface area contributed by atoms with Gasteiger partial charge in [0.05, 0.1) is 23.6 Å². The van der Waals surface area contributed by atoms with E-state index in [1.54, 1.807) is 24.3 Å². The molecule has 11 heteroatoms. The van der Waals surface area contributed by atoms with E-state index in [0.717, 1.165) is 11.6 Å². The number of carbonyl (C=O) groups excluding carboxylic acids is 1. The fourth-order valence-corrected chi connectivity index (χ4v) is 4.78. The van der Waals surface area contributed by atoms with Crippen LogP contribution >= 0.6 is 0 Å². The number of rotatable bonds is 10. The van der Waals surface area contributed by atoms with E-state index >= 15 is 0 Å². The highest BCUT2D eigenvalue weighted by molar-refractivity contribution is 5.87. The van der Waals surface area contributed by atoms with Crippen LogP contribution < -0.4 is 16.2 Å². The van der Waals surface area contributed by atoms with Gasteiger partial charge >= 0.3 is 6.18 Å². The van der Waals surface area contributed by atoms with Crippen molar-refractivity contribution in [3.8, 4) is 5.75 Å². The lowest BCUT2D eigenvalue weighted by molar-refractivity contribution is -0.137. The van der Waals surface area contributed by atoms with Crippen molar-refractivity contribution in [1.82, 2.24) is 15.6 Å². The minimum atomic E-state index is -4.62. The van der Waals surface area contributed by atoms with Crippen LogP contribution in [0.15, 0.2) is 71.5 Å². The number of aromatic amines is 1. The smallest absolute Gasteiger partial charge is 0.416 e. The van der Waals surface area contributed by atoms with E-state index in [0.29, 0.717) is 35.1 Å². The molecule has 1 atom stereocenters. The SMILES string of the molecule is CC(C)(Cc1cccc(CC(=O)NCc2cc(C(F)(F)F)ccc2F)c1)NC[C@@H](O)c1ccc(O)c2[nH]c(=O)ccc12. The number of benzene rings is 3. The number of alkyl halides is 3. The summed E-state index contributed by atoms with van der Waals surface area (Å²) in [6.45, 7) is 3.71. The first kappa shape index (κ1) is 30.7. The predicted octanol–water partition coefficient (Wildman–Crippen LogP) is 4.89. The number of nitrogens with one attached hydrogen (secondary N) is 3. The van der Waals surface area contributed by atoms with Crippen LogP contribution in [-0.4, -0.2) is 33.2 Å². The van der Waals surface area contributed by atoms with Gasteiger partial charge in [-0.1, -0.05) is 30.3 Å². The fraction of sp³-hybridized carbons (Fsp3) is 0.290. The van der Waals surface area contributed by atoms with Crippen molar-refractivity contribution in [2.45, 2.75) is 51.1 Å². The monoisotopic (exact) mass is 585 g/mol. The van der Waals surface area contributed by atoms with Crippen molar-refractivity contribution in [1.29, 1.82) is 0 Å². The van der Waals surface area contributed by atoms with E-state index in [2.05, 4.69) is 15.6 Å². The van der Waals surface area contributed by atoms with Crippen LogP contribution in [0.4, 0.5) is 17.6 Å². The molecule has 0 spiro atoms. The first-order valence-corrected chi connectivity index (χ1v) is 13.2. The molecule has 0 bridgehead atoms. The molecule has 0 saturated heterocycles. The fourth-order valence-electron chi connectivity index (χ4n) is 4.78. The number of carbonyl (C=O) groups is 1. The molecule has 1 heterocycles. The number of hydrogen-bond acceptors (Lipinski definition) is 5. The number of halogens is 4. The number of aliphatic hydroxyl groups is 1. The number of amides is 1. The minimum absolute atomic E-state index is 0.0446. The molecule has 42 heavy (non-hydrogen) atoms. The van der Waals surface area contributed by atoms with E-state index in [-0.39, 0.29) is 41.9 Å². The normalized spacial score (nSPS) is 12.8. The Kier molecular flexibility index (Phi) is 9.03. The average Bonchev–Trinajstić information content (AvgIpc) is 2.91. The Bertz CT molecular complexity index is 1650. The number of β-amino-alcohol motifs (C(OH)–C–C–N with tert-alkyl or cyclic N) is 1. The molecule has 0 saturated carbocycles. The highest BCUT2D eigenvalue weighted by atomic mass is 19.4. The van der Waals surface area contributed by atoms with E-state index in [1.807, 2.05) is 26.0 Å². The largest absolute Gasteiger partial charge is 0.506 e. The quantitative estimate of drug-likeness (QED) is 0.170. The lowest BCUT2D eigenvalue weighted by atomic mass is 9.92. The molecule has 3 aromatic carbocycles. The molecular weight excluding hydrogens is 554 g/mol. The molecule has 5 N–H and O–H groups in total. The second-order valence-electron chi connectivity index (χ2n) is 10.8. The molecule has 0 aliphatic heterocycles. The molecule has 0 unspecified atom stereocenters. The zero-order chi connectivity index (χ0) is 30.7. The van der Waals surface area contributed by atoms with Gasteiger partial charge in [-0.05, 0) is 67.3 Å². The summed E-state index contributed by atoms with van der Waals surface area (Å²) in [5.74, 6) is -1.39. The number of aliphatic hydroxyl groups excluding tert-OH is 1. The summed E-state index contributed by atoms with van der Waals surface area (Å²) in [6, 6.07) is 15.2. The Balaban J connectivity index is 1.35. The number of aromatic nitrogens is 1. The van der Waals surface area contributed by atoms with Crippen LogP contribution in [0, 0.1) is 5.82 Å². The Morgan fingerprint density at radius 2 is 1.74 bits per heavy atom. The Morgan fingerprint density at radius 3 is 2.48 bits per heavy atom. The van der Waals surface area contributed by atoms with E-state index in [4.69, 9.17) is 0 Å². The number of aromatic hydroxyl groups is 1. The van der Waals surface area contributed by atoms with E-state index in [9.17, 15) is 37.4 Å². The maximum atomic E-state index is 14.0. The molecule has 0 aliphatic carbocycles. The van der Waals surface area contributed by atoms with Crippen LogP contribution in [0.1, 0.15) is 47.8 Å². The van der Waals surface area contributed by atoms with E-state index in [1.165, 1.54) is 12.1 Å². The standard InChI is InChI=1S/C31H31F4N3O4/c1-30(2,37-17-26(40)22-7-10-25(39)29-23(22)8-11-27(41)38-29)15-19-5-3-4-18(12-19)13-28(42)36-16-20-14-21(31(33,34)35)6-9-24(20)32/h3-12,14,26,37,39-40H,13,15-17H2,1-2H3,(H,36,42)(H,38,41)/t26-/m1/s1. The highest BCUT2D eigenvalue weighted by Gasteiger charge is 2.31. The molecule has 222 valence electrons. The minimum Gasteiger partial charge on any atom is -0.506 e. The Morgan fingerprint density at radius 1 is 1.00 bits per heavy atom. The topological polar surface area (TPSA) is 114 Å². The third-order valence-electron chi connectivity index (χ3n) is 6.89. The van der Waals surface area contributed by atoms with Crippen LogP contribution in [-0.2, 0) is 30.4 Å². The van der Waals surface area contributed by atoms with Gasteiger partial charge in [0.2, 0.25) is 11.5 Å². The lowest BCUT2D eigenvalue weighted by Gasteiger charge is -2.28. The maximum absolute atomic E-state index is 14.0. The van der Waals surface area contributed by atoms with Gasteiger partial charge in [0.1, 0.15) is 11.6 Å². The molecule has 1 amide bonds. The number of phenols is 1. The summed E-state index contributed by atoms with van der Waals surface area (Å²) >= 11 is 0. The van der Waals surface area contributed by atoms with Crippen molar-refractivity contribution in [2.75, 3.05) is 6.54 Å². The molecule has 4 rings (SSSR count). The van der Waals surface area contributed by atoms with Crippen molar-refractivity contribution in [2.24, 2.45) is 0 Å². The third kappa shape index (κ3) is 7.74. The van der Waals surface area contributed by atoms with E-state index < -0.39 is 35.1 Å². The van der Waals surface area contributed by atoms with Crippen LogP contribution in [0.25, 0.3) is 10.9 Å². The average molecular weight is 586 g/mol.